The predicted molar refractivity (Wildman–Crippen MR) is 108 cm³/mol. The lowest BCUT2D eigenvalue weighted by Gasteiger charge is -2.23. The molecule has 4 nitrogen and oxygen atoms in total. The van der Waals surface area contributed by atoms with Gasteiger partial charge in [-0.2, -0.15) is 0 Å². The van der Waals surface area contributed by atoms with Crippen LogP contribution in [0.15, 0.2) is 0 Å². The van der Waals surface area contributed by atoms with Crippen molar-refractivity contribution in [2.24, 2.45) is 0 Å². The first-order chi connectivity index (χ1) is 11.0. The number of carbonyl (C=O) groups excluding carboxylic acids is 2. The van der Waals surface area contributed by atoms with Crippen molar-refractivity contribution in [2.45, 2.75) is 38.5 Å². The van der Waals surface area contributed by atoms with Crippen LogP contribution >= 0.6 is 23.5 Å². The zero-order chi connectivity index (χ0) is 18.6. The van der Waals surface area contributed by atoms with Gasteiger partial charge in [0.15, 0.2) is 10.2 Å². The van der Waals surface area contributed by atoms with E-state index in [1.54, 1.807) is 0 Å². The number of quaternary nitrogens is 2. The summed E-state index contributed by atoms with van der Waals surface area (Å²) >= 11 is 2.94. The summed E-state index contributed by atoms with van der Waals surface area (Å²) in [6, 6.07) is 0. The molecule has 26 heavy (non-hydrogen) atoms. The third-order valence-corrected chi connectivity index (χ3v) is 5.39. The molecular weight excluding hydrogens is 411 g/mol. The molecule has 0 aliphatic heterocycles. The van der Waals surface area contributed by atoms with E-state index in [-0.39, 0.29) is 24.8 Å². The Balaban J connectivity index is -0.00000264. The van der Waals surface area contributed by atoms with Gasteiger partial charge in [0.1, 0.15) is 0 Å². The molecule has 0 unspecified atom stereocenters. The normalized spacial score (nSPS) is 11.5. The lowest BCUT2D eigenvalue weighted by atomic mass is 10.1. The number of rotatable bonds is 13. The molecule has 0 aliphatic rings. The average Bonchev–Trinajstić information content (AvgIpc) is 2.39. The summed E-state index contributed by atoms with van der Waals surface area (Å²) in [6.45, 7) is 2.04. The highest BCUT2D eigenvalue weighted by atomic mass is 35.5. The molecule has 0 aromatic heterocycles. The lowest BCUT2D eigenvalue weighted by Crippen LogP contribution is -3.00. The summed E-state index contributed by atoms with van der Waals surface area (Å²) in [5.41, 5.74) is 0. The molecule has 0 amide bonds. The molecule has 0 saturated carbocycles. The van der Waals surface area contributed by atoms with Crippen LogP contribution in [-0.2, 0) is 9.59 Å². The summed E-state index contributed by atoms with van der Waals surface area (Å²) in [7, 11) is 12.9. The van der Waals surface area contributed by atoms with E-state index in [1.807, 2.05) is 0 Å². The van der Waals surface area contributed by atoms with Crippen molar-refractivity contribution in [3.05, 3.63) is 0 Å². The third kappa shape index (κ3) is 24.5. The molecule has 0 N–H and O–H groups in total. The minimum Gasteiger partial charge on any atom is -1.00 e. The fraction of sp³-hybridized carbons (Fsp3) is 0.889. The maximum Gasteiger partial charge on any atom is 0.189 e. The molecule has 0 saturated heterocycles. The molecule has 0 spiro atoms. The smallest absolute Gasteiger partial charge is 0.189 e. The van der Waals surface area contributed by atoms with E-state index in [4.69, 9.17) is 0 Å². The molecule has 0 aliphatic carbocycles. The molecule has 0 bridgehead atoms. The van der Waals surface area contributed by atoms with Gasteiger partial charge in [0.05, 0.1) is 66.9 Å². The highest BCUT2D eigenvalue weighted by molar-refractivity contribution is 8.13. The molecule has 0 aromatic rings. The van der Waals surface area contributed by atoms with Gasteiger partial charge >= 0.3 is 0 Å². The second kappa shape index (κ2) is 16.5. The van der Waals surface area contributed by atoms with Crippen LogP contribution in [0.3, 0.4) is 0 Å². The minimum atomic E-state index is 0. The summed E-state index contributed by atoms with van der Waals surface area (Å²) in [5.74, 6) is 1.81. The van der Waals surface area contributed by atoms with Gasteiger partial charge < -0.3 is 33.8 Å². The van der Waals surface area contributed by atoms with Crippen LogP contribution in [0.5, 0.6) is 0 Å². The van der Waals surface area contributed by atoms with Crippen molar-refractivity contribution in [1.82, 2.24) is 0 Å². The van der Waals surface area contributed by atoms with Crippen LogP contribution < -0.4 is 24.8 Å². The first kappa shape index (κ1) is 31.2. The summed E-state index contributed by atoms with van der Waals surface area (Å²) in [5, 5.41) is 0.630. The molecule has 0 aromatic carbocycles. The molecule has 0 fully saturated rings. The second-order valence-corrected chi connectivity index (χ2v) is 10.7. The topological polar surface area (TPSA) is 34.1 Å². The van der Waals surface area contributed by atoms with Gasteiger partial charge in [-0.05, 0) is 12.8 Å². The number of hydrogen-bond donors (Lipinski definition) is 0. The Kier molecular flexibility index (Phi) is 19.8. The van der Waals surface area contributed by atoms with E-state index in [1.165, 1.54) is 23.5 Å². The quantitative estimate of drug-likeness (QED) is 0.226. The largest absolute Gasteiger partial charge is 1.00 e. The molecule has 0 rings (SSSR count). The number of nitrogens with zero attached hydrogens (tertiary/aromatic N) is 2. The van der Waals surface area contributed by atoms with E-state index in [0.29, 0.717) is 23.1 Å². The molecule has 8 heteroatoms. The molecule has 0 heterocycles. The number of unbranched alkanes of at least 4 members (excludes halogenated alkanes) is 3. The van der Waals surface area contributed by atoms with Gasteiger partial charge in [0.25, 0.3) is 0 Å². The number of carbonyl (C=O) groups is 2. The first-order valence-corrected chi connectivity index (χ1v) is 10.9. The SMILES string of the molecule is C[N+](C)(C)CCSC(=O)CCCCCCC(=O)SCC[N+](C)(C)C.[Cl-].[Cl-]. The zero-order valence-corrected chi connectivity index (χ0v) is 20.5. The van der Waals surface area contributed by atoms with Gasteiger partial charge in [0.2, 0.25) is 0 Å². The Hall–Kier alpha value is 0.540. The van der Waals surface area contributed by atoms with Crippen LogP contribution in [0.4, 0.5) is 0 Å². The Morgan fingerprint density at radius 3 is 1.19 bits per heavy atom. The Morgan fingerprint density at radius 1 is 0.615 bits per heavy atom. The second-order valence-electron chi connectivity index (χ2n) is 8.38. The number of thioether (sulfide) groups is 2. The van der Waals surface area contributed by atoms with Gasteiger partial charge in [-0.15, -0.1) is 0 Å². The fourth-order valence-electron chi connectivity index (χ4n) is 1.90. The van der Waals surface area contributed by atoms with Crippen molar-refractivity contribution < 1.29 is 43.4 Å². The number of hydrogen-bond acceptors (Lipinski definition) is 4. The van der Waals surface area contributed by atoms with Crippen molar-refractivity contribution in [2.75, 3.05) is 66.9 Å². The maximum atomic E-state index is 11.8. The van der Waals surface area contributed by atoms with E-state index < -0.39 is 0 Å². The summed E-state index contributed by atoms with van der Waals surface area (Å²) < 4.78 is 1.81. The van der Waals surface area contributed by atoms with Crippen molar-refractivity contribution in [3.63, 3.8) is 0 Å². The Morgan fingerprint density at radius 2 is 0.923 bits per heavy atom. The van der Waals surface area contributed by atoms with Crippen LogP contribution in [0, 0.1) is 0 Å². The predicted octanol–water partition coefficient (Wildman–Crippen LogP) is -2.73. The number of halogens is 2. The van der Waals surface area contributed by atoms with Crippen molar-refractivity contribution in [3.8, 4) is 0 Å². The van der Waals surface area contributed by atoms with Crippen molar-refractivity contribution in [1.29, 1.82) is 0 Å². The van der Waals surface area contributed by atoms with E-state index in [0.717, 1.165) is 59.2 Å². The van der Waals surface area contributed by atoms with Crippen LogP contribution in [-0.4, -0.2) is 86.1 Å². The molecule has 158 valence electrons. The molecular formula is C18H38Cl2N2O2S2. The Bertz CT molecular complexity index is 348. The highest BCUT2D eigenvalue weighted by Crippen LogP contribution is 2.14. The van der Waals surface area contributed by atoms with Gasteiger partial charge in [-0.3, -0.25) is 9.59 Å². The van der Waals surface area contributed by atoms with E-state index >= 15 is 0 Å². The average molecular weight is 450 g/mol. The summed E-state index contributed by atoms with van der Waals surface area (Å²) in [6.07, 6.45) is 5.37. The van der Waals surface area contributed by atoms with Crippen LogP contribution in [0.2, 0.25) is 0 Å². The molecule has 0 atom stereocenters. The Labute approximate surface area is 182 Å². The monoisotopic (exact) mass is 448 g/mol. The third-order valence-electron chi connectivity index (χ3n) is 3.56. The molecule has 0 radical (unpaired) electrons. The van der Waals surface area contributed by atoms with E-state index in [9.17, 15) is 9.59 Å². The van der Waals surface area contributed by atoms with Crippen molar-refractivity contribution >= 4 is 33.8 Å². The standard InChI is InChI=1S/C18H38N2O2S2.2ClH/c1-19(2,3)13-15-23-17(21)11-9-7-8-10-12-18(22)24-16-14-20(4,5)6;;/h7-16H2,1-6H3;2*1H/q+2;;/p-2. The first-order valence-electron chi connectivity index (χ1n) is 8.92. The zero-order valence-electron chi connectivity index (χ0n) is 17.4. The fourth-order valence-corrected chi connectivity index (χ4v) is 4.21. The van der Waals surface area contributed by atoms with Gasteiger partial charge in [-0.25, -0.2) is 0 Å². The van der Waals surface area contributed by atoms with Crippen LogP contribution in [0.1, 0.15) is 38.5 Å². The maximum absolute atomic E-state index is 11.8. The lowest BCUT2D eigenvalue weighted by molar-refractivity contribution is -0.867. The summed E-state index contributed by atoms with van der Waals surface area (Å²) in [4.78, 5) is 23.5. The van der Waals surface area contributed by atoms with Gasteiger partial charge in [0, 0.05) is 12.8 Å². The van der Waals surface area contributed by atoms with Gasteiger partial charge in [-0.1, -0.05) is 36.4 Å². The highest BCUT2D eigenvalue weighted by Gasteiger charge is 2.10. The minimum absolute atomic E-state index is 0. The van der Waals surface area contributed by atoms with E-state index in [2.05, 4.69) is 42.3 Å². The van der Waals surface area contributed by atoms with Crippen LogP contribution in [0.25, 0.3) is 0 Å².